The van der Waals surface area contributed by atoms with Gasteiger partial charge in [-0.25, -0.2) is 4.39 Å². The average Bonchev–Trinajstić information content (AvgIpc) is 3.19. The van der Waals surface area contributed by atoms with Gasteiger partial charge in [0, 0.05) is 31.9 Å². The Morgan fingerprint density at radius 3 is 2.92 bits per heavy atom. The third-order valence-corrected chi connectivity index (χ3v) is 4.25. The Bertz CT molecular complexity index is 732. The summed E-state index contributed by atoms with van der Waals surface area (Å²) in [6.45, 7) is 4.87. The molecule has 1 atom stereocenters. The summed E-state index contributed by atoms with van der Waals surface area (Å²) < 4.78 is 25.1. The number of rotatable bonds is 7. The van der Waals surface area contributed by atoms with Crippen molar-refractivity contribution in [1.82, 2.24) is 15.1 Å². The number of amides is 1. The lowest BCUT2D eigenvalue weighted by molar-refractivity contribution is -0.119. The molecule has 1 aromatic carbocycles. The quantitative estimate of drug-likeness (QED) is 0.729. The van der Waals surface area contributed by atoms with Crippen molar-refractivity contribution in [3.63, 3.8) is 0 Å². The number of aromatic nitrogens is 2. The summed E-state index contributed by atoms with van der Waals surface area (Å²) in [5.74, 6) is 1.05. The van der Waals surface area contributed by atoms with E-state index in [1.807, 2.05) is 13.0 Å². The Morgan fingerprint density at radius 2 is 2.25 bits per heavy atom. The molecule has 0 radical (unpaired) electrons. The minimum atomic E-state index is -0.290. The van der Waals surface area contributed by atoms with E-state index in [9.17, 15) is 9.18 Å². The largest absolute Gasteiger partial charge is 0.493 e. The second kappa shape index (κ2) is 6.98. The Morgan fingerprint density at radius 1 is 1.42 bits per heavy atom. The topological polar surface area (TPSA) is 68.5 Å². The number of halogens is 1. The molecule has 3 rings (SSSR count). The van der Waals surface area contributed by atoms with Crippen LogP contribution in [-0.4, -0.2) is 34.7 Å². The standard InChI is InChI=1S/C17H20FN3O3/c1-3-12(8-21(10-22)9-17-20-19-11(2)24-17)14-6-13-4-5-23-16(13)7-15(14)18/h6-7,10,12H,3-5,8-9H2,1-2H3. The van der Waals surface area contributed by atoms with Gasteiger partial charge in [-0.15, -0.1) is 10.2 Å². The lowest BCUT2D eigenvalue weighted by Crippen LogP contribution is -2.27. The molecular formula is C17H20FN3O3. The normalized spacial score (nSPS) is 14.1. The van der Waals surface area contributed by atoms with E-state index in [4.69, 9.17) is 9.15 Å². The highest BCUT2D eigenvalue weighted by molar-refractivity contribution is 5.48. The zero-order chi connectivity index (χ0) is 17.1. The van der Waals surface area contributed by atoms with Crippen LogP contribution < -0.4 is 4.74 Å². The van der Waals surface area contributed by atoms with Crippen molar-refractivity contribution in [2.75, 3.05) is 13.2 Å². The first-order chi connectivity index (χ1) is 11.6. The third kappa shape index (κ3) is 3.39. The van der Waals surface area contributed by atoms with E-state index in [2.05, 4.69) is 10.2 Å². The number of nitrogens with zero attached hydrogens (tertiary/aromatic N) is 3. The van der Waals surface area contributed by atoms with Crippen LogP contribution in [-0.2, 0) is 17.8 Å². The first kappa shape index (κ1) is 16.4. The molecule has 128 valence electrons. The predicted molar refractivity (Wildman–Crippen MR) is 84.1 cm³/mol. The highest BCUT2D eigenvalue weighted by atomic mass is 19.1. The molecule has 0 bridgehead atoms. The molecular weight excluding hydrogens is 313 g/mol. The molecule has 0 N–H and O–H groups in total. The van der Waals surface area contributed by atoms with Crippen LogP contribution in [0.3, 0.4) is 0 Å². The molecule has 7 heteroatoms. The molecule has 1 unspecified atom stereocenters. The molecule has 1 aliphatic heterocycles. The van der Waals surface area contributed by atoms with E-state index < -0.39 is 0 Å². The summed E-state index contributed by atoms with van der Waals surface area (Å²) >= 11 is 0. The van der Waals surface area contributed by atoms with Gasteiger partial charge in [0.05, 0.1) is 13.2 Å². The monoisotopic (exact) mass is 333 g/mol. The minimum absolute atomic E-state index is 0.106. The van der Waals surface area contributed by atoms with Crippen LogP contribution in [0.2, 0.25) is 0 Å². The second-order valence-corrected chi connectivity index (χ2v) is 5.93. The van der Waals surface area contributed by atoms with Gasteiger partial charge in [0.2, 0.25) is 18.2 Å². The van der Waals surface area contributed by atoms with Crippen molar-refractivity contribution in [3.05, 3.63) is 40.9 Å². The first-order valence-electron chi connectivity index (χ1n) is 8.04. The Labute approximate surface area is 139 Å². The van der Waals surface area contributed by atoms with Gasteiger partial charge in [-0.05, 0) is 23.6 Å². The van der Waals surface area contributed by atoms with Crippen molar-refractivity contribution in [3.8, 4) is 5.75 Å². The van der Waals surface area contributed by atoms with Crippen LogP contribution in [0.15, 0.2) is 16.5 Å². The number of hydrogen-bond acceptors (Lipinski definition) is 5. The third-order valence-electron chi connectivity index (χ3n) is 4.25. The van der Waals surface area contributed by atoms with Gasteiger partial charge in [0.25, 0.3) is 0 Å². The average molecular weight is 333 g/mol. The van der Waals surface area contributed by atoms with Gasteiger partial charge in [0.15, 0.2) is 0 Å². The number of hydrogen-bond donors (Lipinski definition) is 0. The number of carbonyl (C=O) groups is 1. The Kier molecular flexibility index (Phi) is 4.78. The van der Waals surface area contributed by atoms with Crippen molar-refractivity contribution in [2.45, 2.75) is 39.2 Å². The summed E-state index contributed by atoms with van der Waals surface area (Å²) in [6, 6.07) is 3.32. The van der Waals surface area contributed by atoms with Gasteiger partial charge in [-0.2, -0.15) is 0 Å². The predicted octanol–water partition coefficient (Wildman–Crippen LogP) is 2.60. The van der Waals surface area contributed by atoms with Crippen LogP contribution in [0.4, 0.5) is 4.39 Å². The smallest absolute Gasteiger partial charge is 0.235 e. The number of aryl methyl sites for hydroxylation is 1. The van der Waals surface area contributed by atoms with Crippen LogP contribution in [0.5, 0.6) is 5.75 Å². The highest BCUT2D eigenvalue weighted by Crippen LogP contribution is 2.33. The maximum absolute atomic E-state index is 14.4. The van der Waals surface area contributed by atoms with Crippen LogP contribution in [0, 0.1) is 12.7 Å². The van der Waals surface area contributed by atoms with Crippen molar-refractivity contribution < 1.29 is 18.3 Å². The molecule has 1 aromatic heterocycles. The Hall–Kier alpha value is -2.44. The fourth-order valence-corrected chi connectivity index (χ4v) is 2.98. The number of carbonyl (C=O) groups excluding carboxylic acids is 1. The molecule has 0 aliphatic carbocycles. The molecule has 2 aromatic rings. The molecule has 6 nitrogen and oxygen atoms in total. The number of fused-ring (bicyclic) bond motifs is 1. The molecule has 1 amide bonds. The summed E-state index contributed by atoms with van der Waals surface area (Å²) in [5, 5.41) is 7.65. The highest BCUT2D eigenvalue weighted by Gasteiger charge is 2.23. The maximum atomic E-state index is 14.4. The molecule has 0 fully saturated rings. The van der Waals surface area contributed by atoms with Gasteiger partial charge < -0.3 is 14.1 Å². The van der Waals surface area contributed by atoms with E-state index in [-0.39, 0.29) is 18.3 Å². The summed E-state index contributed by atoms with van der Waals surface area (Å²) in [7, 11) is 0. The van der Waals surface area contributed by atoms with Crippen molar-refractivity contribution in [2.24, 2.45) is 0 Å². The fourth-order valence-electron chi connectivity index (χ4n) is 2.98. The molecule has 1 aliphatic rings. The molecule has 0 saturated heterocycles. The molecule has 2 heterocycles. The van der Waals surface area contributed by atoms with Crippen LogP contribution in [0.25, 0.3) is 0 Å². The first-order valence-corrected chi connectivity index (χ1v) is 8.04. The summed E-state index contributed by atoms with van der Waals surface area (Å²) in [5.41, 5.74) is 1.64. The molecule has 0 spiro atoms. The summed E-state index contributed by atoms with van der Waals surface area (Å²) in [6.07, 6.45) is 2.23. The number of ether oxygens (including phenoxy) is 1. The van der Waals surface area contributed by atoms with Gasteiger partial charge in [0.1, 0.15) is 11.6 Å². The Balaban J connectivity index is 1.77. The molecule has 0 saturated carbocycles. The lowest BCUT2D eigenvalue weighted by Gasteiger charge is -2.23. The van der Waals surface area contributed by atoms with Crippen molar-refractivity contribution in [1.29, 1.82) is 0 Å². The minimum Gasteiger partial charge on any atom is -0.493 e. The number of benzene rings is 1. The van der Waals surface area contributed by atoms with Gasteiger partial charge >= 0.3 is 0 Å². The van der Waals surface area contributed by atoms with E-state index in [1.165, 1.54) is 11.0 Å². The molecule has 24 heavy (non-hydrogen) atoms. The lowest BCUT2D eigenvalue weighted by atomic mass is 9.93. The van der Waals surface area contributed by atoms with E-state index >= 15 is 0 Å². The fraction of sp³-hybridized carbons (Fsp3) is 0.471. The summed E-state index contributed by atoms with van der Waals surface area (Å²) in [4.78, 5) is 12.9. The van der Waals surface area contributed by atoms with E-state index in [1.54, 1.807) is 6.92 Å². The second-order valence-electron chi connectivity index (χ2n) is 5.93. The van der Waals surface area contributed by atoms with Crippen LogP contribution in [0.1, 0.15) is 42.2 Å². The van der Waals surface area contributed by atoms with E-state index in [0.29, 0.717) is 42.7 Å². The van der Waals surface area contributed by atoms with E-state index in [0.717, 1.165) is 18.4 Å². The van der Waals surface area contributed by atoms with Gasteiger partial charge in [-0.1, -0.05) is 6.92 Å². The zero-order valence-electron chi connectivity index (χ0n) is 13.8. The van der Waals surface area contributed by atoms with Crippen molar-refractivity contribution >= 4 is 6.41 Å². The van der Waals surface area contributed by atoms with Gasteiger partial charge in [-0.3, -0.25) is 4.79 Å². The maximum Gasteiger partial charge on any atom is 0.235 e. The SMILES string of the molecule is CCC(CN(C=O)Cc1nnc(C)o1)c1cc2c(cc1F)OCC2. The van der Waals surface area contributed by atoms with Crippen LogP contribution >= 0.6 is 0 Å². The zero-order valence-corrected chi connectivity index (χ0v) is 13.8.